The van der Waals surface area contributed by atoms with Crippen LogP contribution in [-0.4, -0.2) is 66.9 Å². The number of carbonyl (C=O) groups excluding carboxylic acids is 1. The molecule has 3 heterocycles. The molecule has 0 radical (unpaired) electrons. The van der Waals surface area contributed by atoms with Gasteiger partial charge in [0, 0.05) is 25.7 Å². The van der Waals surface area contributed by atoms with Crippen LogP contribution in [0.15, 0.2) is 0 Å². The number of carbonyl (C=O) groups is 1. The van der Waals surface area contributed by atoms with Gasteiger partial charge in [0.15, 0.2) is 24.1 Å². The van der Waals surface area contributed by atoms with E-state index in [1.165, 1.54) is 6.92 Å². The highest BCUT2D eigenvalue weighted by Crippen LogP contribution is 2.42. The Morgan fingerprint density at radius 3 is 2.03 bits per heavy atom. The second-order valence-electron chi connectivity index (χ2n) is 9.05. The van der Waals surface area contributed by atoms with Crippen LogP contribution in [0, 0.1) is 17.2 Å². The molecule has 9 heteroatoms. The van der Waals surface area contributed by atoms with Crippen LogP contribution >= 0.6 is 0 Å². The van der Waals surface area contributed by atoms with Gasteiger partial charge in [-0.05, 0) is 27.7 Å². The average Bonchev–Trinajstić information content (AvgIpc) is 2.95. The Hall–Kier alpha value is -1.26. The van der Waals surface area contributed by atoms with Crippen molar-refractivity contribution in [1.29, 1.82) is 5.41 Å². The molecule has 0 aromatic carbocycles. The molecule has 4 unspecified atom stereocenters. The van der Waals surface area contributed by atoms with E-state index in [1.807, 2.05) is 27.7 Å². The van der Waals surface area contributed by atoms with E-state index in [0.717, 1.165) is 0 Å². The Bertz CT molecular complexity index is 655. The highest BCUT2D eigenvalue weighted by Gasteiger charge is 2.56. The molecule has 0 saturated carbocycles. The van der Waals surface area contributed by atoms with Crippen molar-refractivity contribution in [2.24, 2.45) is 11.8 Å². The van der Waals surface area contributed by atoms with E-state index in [1.54, 1.807) is 13.8 Å². The predicted molar refractivity (Wildman–Crippen MR) is 106 cm³/mol. The lowest BCUT2D eigenvalue weighted by atomic mass is 9.90. The fraction of sp³-hybridized carbons (Fsp3) is 0.905. The molecule has 172 valence electrons. The normalized spacial score (nSPS) is 45.5. The van der Waals surface area contributed by atoms with Crippen LogP contribution in [0.5, 0.6) is 0 Å². The highest BCUT2D eigenvalue weighted by molar-refractivity contribution is 5.69. The summed E-state index contributed by atoms with van der Waals surface area (Å²) in [5.74, 6) is -1.34. The topological polar surface area (TPSA) is 106 Å². The minimum absolute atomic E-state index is 0.0365. The van der Waals surface area contributed by atoms with Crippen molar-refractivity contribution >= 4 is 11.9 Å². The Balaban J connectivity index is 1.85. The lowest BCUT2D eigenvalue weighted by Gasteiger charge is -2.47. The fourth-order valence-electron chi connectivity index (χ4n) is 4.38. The van der Waals surface area contributed by atoms with Crippen molar-refractivity contribution in [2.45, 2.75) is 110 Å². The lowest BCUT2D eigenvalue weighted by Crippen LogP contribution is -2.60. The fourth-order valence-corrected chi connectivity index (χ4v) is 4.38. The molecule has 1 N–H and O–H groups in total. The highest BCUT2D eigenvalue weighted by atomic mass is 16.8. The van der Waals surface area contributed by atoms with E-state index >= 15 is 0 Å². The summed E-state index contributed by atoms with van der Waals surface area (Å²) in [5, 5.41) is 7.67. The van der Waals surface area contributed by atoms with Crippen LogP contribution in [0.4, 0.5) is 0 Å². The van der Waals surface area contributed by atoms with Crippen molar-refractivity contribution in [2.75, 3.05) is 0 Å². The largest absolute Gasteiger partial charge is 0.457 e. The first-order valence-corrected chi connectivity index (χ1v) is 10.6. The zero-order valence-corrected chi connectivity index (χ0v) is 19.0. The van der Waals surface area contributed by atoms with Gasteiger partial charge in [0.1, 0.15) is 12.2 Å². The van der Waals surface area contributed by atoms with Crippen molar-refractivity contribution in [1.82, 2.24) is 0 Å². The van der Waals surface area contributed by atoms with Gasteiger partial charge in [-0.2, -0.15) is 0 Å². The number of hydrogen-bond donors (Lipinski definition) is 1. The van der Waals surface area contributed by atoms with Crippen molar-refractivity contribution < 1.29 is 38.0 Å². The molecule has 3 rings (SSSR count). The van der Waals surface area contributed by atoms with E-state index < -0.39 is 48.8 Å². The first kappa shape index (κ1) is 23.4. The van der Waals surface area contributed by atoms with Gasteiger partial charge in [-0.25, -0.2) is 0 Å². The van der Waals surface area contributed by atoms with Crippen molar-refractivity contribution in [3.05, 3.63) is 0 Å². The van der Waals surface area contributed by atoms with Crippen LogP contribution in [0.1, 0.15) is 55.4 Å². The van der Waals surface area contributed by atoms with Crippen molar-refractivity contribution in [3.8, 4) is 0 Å². The monoisotopic (exact) mass is 429 g/mol. The van der Waals surface area contributed by atoms with E-state index in [2.05, 4.69) is 6.92 Å². The van der Waals surface area contributed by atoms with Gasteiger partial charge < -0.3 is 33.2 Å². The molecule has 0 bridgehead atoms. The molecule has 9 nitrogen and oxygen atoms in total. The second kappa shape index (κ2) is 8.70. The van der Waals surface area contributed by atoms with Crippen LogP contribution in [0.3, 0.4) is 0 Å². The quantitative estimate of drug-likeness (QED) is 0.413. The molecule has 3 aliphatic rings. The third-order valence-electron chi connectivity index (χ3n) is 6.01. The molecule has 3 aliphatic heterocycles. The molecule has 3 fully saturated rings. The van der Waals surface area contributed by atoms with E-state index in [0.29, 0.717) is 0 Å². The zero-order valence-electron chi connectivity index (χ0n) is 19.0. The second-order valence-corrected chi connectivity index (χ2v) is 9.05. The molecular weight excluding hydrogens is 394 g/mol. The van der Waals surface area contributed by atoms with Crippen molar-refractivity contribution in [3.63, 3.8) is 0 Å². The first-order chi connectivity index (χ1) is 13.9. The van der Waals surface area contributed by atoms with E-state index in [9.17, 15) is 4.79 Å². The van der Waals surface area contributed by atoms with Gasteiger partial charge in [0.2, 0.25) is 6.29 Å². The van der Waals surface area contributed by atoms with Gasteiger partial charge in [-0.1, -0.05) is 13.8 Å². The van der Waals surface area contributed by atoms with Gasteiger partial charge >= 0.3 is 5.97 Å². The summed E-state index contributed by atoms with van der Waals surface area (Å²) in [6.07, 6.45) is -3.85. The summed E-state index contributed by atoms with van der Waals surface area (Å²) in [6, 6.07) is 0. The number of ether oxygens (including phenoxy) is 7. The predicted octanol–water partition coefficient (Wildman–Crippen LogP) is 2.60. The molecule has 0 spiro atoms. The van der Waals surface area contributed by atoms with Crippen LogP contribution in [0.2, 0.25) is 0 Å². The molecule has 0 aromatic rings. The molecule has 3 saturated heterocycles. The maximum absolute atomic E-state index is 11.7. The minimum atomic E-state index is -0.745. The summed E-state index contributed by atoms with van der Waals surface area (Å²) >= 11 is 0. The Morgan fingerprint density at radius 1 is 0.833 bits per heavy atom. The minimum Gasteiger partial charge on any atom is -0.457 e. The van der Waals surface area contributed by atoms with Crippen LogP contribution in [0.25, 0.3) is 0 Å². The van der Waals surface area contributed by atoms with Gasteiger partial charge in [-0.15, -0.1) is 0 Å². The summed E-state index contributed by atoms with van der Waals surface area (Å²) in [4.78, 5) is 11.7. The first-order valence-electron chi connectivity index (χ1n) is 10.6. The molecule has 0 aliphatic carbocycles. The third kappa shape index (κ3) is 4.80. The number of rotatable bonds is 4. The maximum atomic E-state index is 11.7. The summed E-state index contributed by atoms with van der Waals surface area (Å²) in [5.41, 5.74) is 0. The molecule has 0 amide bonds. The van der Waals surface area contributed by atoms with Crippen LogP contribution in [-0.2, 0) is 38.0 Å². The van der Waals surface area contributed by atoms with Gasteiger partial charge in [0.25, 0.3) is 0 Å². The smallest absolute Gasteiger partial charge is 0.303 e. The zero-order chi connectivity index (χ0) is 22.4. The lowest BCUT2D eigenvalue weighted by molar-refractivity contribution is -0.326. The number of hydrogen-bond acceptors (Lipinski definition) is 9. The summed E-state index contributed by atoms with van der Waals surface area (Å²) < 4.78 is 41.8. The van der Waals surface area contributed by atoms with E-state index in [4.69, 9.17) is 38.6 Å². The number of esters is 1. The Morgan fingerprint density at radius 2 is 1.43 bits per heavy atom. The molecular formula is C21H35NO8. The Labute approximate surface area is 178 Å². The standard InChI is InChI=1S/C21H35NO8/c1-9-11(3)24-20(18-16(9)29-21(7,8)30-18)28-15-10(2)19(26-13(5)22)25-12(4)17(15)27-14(6)23/h9-12,15-20,22H,1-8H3/t9-,10+,11?,12?,15?,16-,17-,18?,19+,20-/m0/s1. The van der Waals surface area contributed by atoms with Gasteiger partial charge in [-0.3, -0.25) is 10.2 Å². The molecule has 30 heavy (non-hydrogen) atoms. The molecule has 0 aromatic heterocycles. The summed E-state index contributed by atoms with van der Waals surface area (Å²) in [6.45, 7) is 14.4. The SMILES string of the molecule is CC(=N)O[C@H]1OC(C)[C@H](OC(C)=O)C(O[C@@H]2OC(C)[C@H](C)[C@@H]3OC(C)(C)OC23)[C@H]1C. The number of fused-ring (bicyclic) bond motifs is 1. The molecule has 10 atom stereocenters. The average molecular weight is 430 g/mol. The summed E-state index contributed by atoms with van der Waals surface area (Å²) in [7, 11) is 0. The number of nitrogens with one attached hydrogen (secondary N) is 1. The van der Waals surface area contributed by atoms with Gasteiger partial charge in [0.05, 0.1) is 18.3 Å². The maximum Gasteiger partial charge on any atom is 0.303 e. The van der Waals surface area contributed by atoms with Crippen LogP contribution < -0.4 is 0 Å². The van der Waals surface area contributed by atoms with E-state index in [-0.39, 0.29) is 29.9 Å². The third-order valence-corrected chi connectivity index (χ3v) is 6.01. The Kier molecular flexibility index (Phi) is 6.79.